The molecule has 0 aliphatic heterocycles. The average Bonchev–Trinajstić information content (AvgIpc) is 2.89. The van der Waals surface area contributed by atoms with Crippen LogP contribution >= 0.6 is 11.3 Å². The van der Waals surface area contributed by atoms with Crippen LogP contribution in [0.25, 0.3) is 10.9 Å². The zero-order chi connectivity index (χ0) is 11.5. The molecule has 2 heterocycles. The smallest absolute Gasteiger partial charge is 0.182 e. The lowest BCUT2D eigenvalue weighted by Crippen LogP contribution is -2.00. The second-order valence-corrected chi connectivity index (χ2v) is 4.58. The van der Waals surface area contributed by atoms with Crippen molar-refractivity contribution in [2.75, 3.05) is 5.32 Å². The number of anilines is 1. The molecule has 0 fully saturated rings. The standard InChI is InChI=1S/C13H11N3S/c1-3-10-5-2-6-14-12(10)11(4-1)9-16-13-15-7-8-17-13/h1-8H,9H2,(H,15,16). The van der Waals surface area contributed by atoms with Crippen LogP contribution in [0.15, 0.2) is 48.1 Å². The summed E-state index contributed by atoms with van der Waals surface area (Å²) >= 11 is 1.60. The van der Waals surface area contributed by atoms with Crippen molar-refractivity contribution in [2.45, 2.75) is 6.54 Å². The van der Waals surface area contributed by atoms with Gasteiger partial charge in [0, 0.05) is 29.7 Å². The first-order valence-corrected chi connectivity index (χ1v) is 6.27. The molecule has 0 aliphatic carbocycles. The van der Waals surface area contributed by atoms with E-state index in [0.29, 0.717) is 0 Å². The summed E-state index contributed by atoms with van der Waals surface area (Å²) in [6.07, 6.45) is 3.63. The van der Waals surface area contributed by atoms with Crippen LogP contribution in [0.5, 0.6) is 0 Å². The summed E-state index contributed by atoms with van der Waals surface area (Å²) < 4.78 is 0. The number of thiazole rings is 1. The van der Waals surface area contributed by atoms with E-state index in [0.717, 1.165) is 17.2 Å². The van der Waals surface area contributed by atoms with E-state index in [1.807, 2.05) is 17.6 Å². The predicted molar refractivity (Wildman–Crippen MR) is 71.2 cm³/mol. The fourth-order valence-electron chi connectivity index (χ4n) is 1.79. The molecule has 3 aromatic rings. The van der Waals surface area contributed by atoms with Crippen LogP contribution in [0.1, 0.15) is 5.56 Å². The van der Waals surface area contributed by atoms with Gasteiger partial charge < -0.3 is 5.32 Å². The van der Waals surface area contributed by atoms with Gasteiger partial charge in [-0.3, -0.25) is 4.98 Å². The molecule has 3 rings (SSSR count). The van der Waals surface area contributed by atoms with Gasteiger partial charge in [-0.05, 0) is 11.6 Å². The van der Waals surface area contributed by atoms with Crippen molar-refractivity contribution in [2.24, 2.45) is 0 Å². The lowest BCUT2D eigenvalue weighted by molar-refractivity contribution is 1.14. The second kappa shape index (κ2) is 4.51. The Morgan fingerprint density at radius 3 is 2.88 bits per heavy atom. The van der Waals surface area contributed by atoms with E-state index in [-0.39, 0.29) is 0 Å². The molecule has 0 unspecified atom stereocenters. The molecular formula is C13H11N3S. The van der Waals surface area contributed by atoms with Gasteiger partial charge in [0.15, 0.2) is 5.13 Å². The minimum atomic E-state index is 0.752. The predicted octanol–water partition coefficient (Wildman–Crippen LogP) is 3.30. The van der Waals surface area contributed by atoms with E-state index in [1.54, 1.807) is 17.5 Å². The molecule has 84 valence electrons. The number of nitrogens with zero attached hydrogens (tertiary/aromatic N) is 2. The molecule has 0 spiro atoms. The van der Waals surface area contributed by atoms with Gasteiger partial charge in [-0.2, -0.15) is 0 Å². The summed E-state index contributed by atoms with van der Waals surface area (Å²) in [7, 11) is 0. The Hall–Kier alpha value is -1.94. The molecule has 0 saturated carbocycles. The molecule has 0 bridgehead atoms. The molecule has 4 heteroatoms. The maximum Gasteiger partial charge on any atom is 0.182 e. The zero-order valence-corrected chi connectivity index (χ0v) is 9.95. The highest BCUT2D eigenvalue weighted by Crippen LogP contribution is 2.18. The molecule has 0 radical (unpaired) electrons. The first-order chi connectivity index (χ1) is 8.43. The Kier molecular flexibility index (Phi) is 2.71. The molecule has 2 aromatic heterocycles. The number of para-hydroxylation sites is 1. The first-order valence-electron chi connectivity index (χ1n) is 5.39. The molecule has 0 amide bonds. The van der Waals surface area contributed by atoms with E-state index >= 15 is 0 Å². The molecule has 3 nitrogen and oxygen atoms in total. The highest BCUT2D eigenvalue weighted by atomic mass is 32.1. The number of hydrogen-bond donors (Lipinski definition) is 1. The van der Waals surface area contributed by atoms with Crippen LogP contribution in [0.3, 0.4) is 0 Å². The van der Waals surface area contributed by atoms with Gasteiger partial charge in [-0.15, -0.1) is 11.3 Å². The Morgan fingerprint density at radius 2 is 2.00 bits per heavy atom. The second-order valence-electron chi connectivity index (χ2n) is 3.68. The number of rotatable bonds is 3. The maximum absolute atomic E-state index is 4.42. The third-order valence-corrected chi connectivity index (χ3v) is 3.31. The van der Waals surface area contributed by atoms with Gasteiger partial charge in [0.05, 0.1) is 5.52 Å². The lowest BCUT2D eigenvalue weighted by atomic mass is 10.1. The van der Waals surface area contributed by atoms with Gasteiger partial charge in [0.25, 0.3) is 0 Å². The topological polar surface area (TPSA) is 37.8 Å². The van der Waals surface area contributed by atoms with E-state index < -0.39 is 0 Å². The maximum atomic E-state index is 4.42. The SMILES string of the molecule is c1cnc2c(CNc3nccs3)cccc2c1. The lowest BCUT2D eigenvalue weighted by Gasteiger charge is -2.06. The molecule has 1 aromatic carbocycles. The highest BCUT2D eigenvalue weighted by Gasteiger charge is 2.01. The van der Waals surface area contributed by atoms with E-state index in [2.05, 4.69) is 39.6 Å². The van der Waals surface area contributed by atoms with Crippen molar-refractivity contribution in [3.8, 4) is 0 Å². The van der Waals surface area contributed by atoms with Gasteiger partial charge in [0.2, 0.25) is 0 Å². The molecule has 1 N–H and O–H groups in total. The van der Waals surface area contributed by atoms with Crippen molar-refractivity contribution in [3.63, 3.8) is 0 Å². The number of fused-ring (bicyclic) bond motifs is 1. The summed E-state index contributed by atoms with van der Waals surface area (Å²) in [5.41, 5.74) is 2.25. The summed E-state index contributed by atoms with van der Waals surface area (Å²) in [4.78, 5) is 8.62. The Balaban J connectivity index is 1.90. The van der Waals surface area contributed by atoms with Crippen molar-refractivity contribution in [1.29, 1.82) is 0 Å². The normalized spacial score (nSPS) is 10.6. The number of aromatic nitrogens is 2. The van der Waals surface area contributed by atoms with E-state index in [1.165, 1.54) is 10.9 Å². The Bertz CT molecular complexity index is 614. The van der Waals surface area contributed by atoms with Crippen LogP contribution in [0.2, 0.25) is 0 Å². The van der Waals surface area contributed by atoms with Crippen LogP contribution in [-0.2, 0) is 6.54 Å². The summed E-state index contributed by atoms with van der Waals surface area (Å²) in [6, 6.07) is 10.3. The third-order valence-electron chi connectivity index (χ3n) is 2.58. The largest absolute Gasteiger partial charge is 0.357 e. The molecule has 0 aliphatic rings. The monoisotopic (exact) mass is 241 g/mol. The Morgan fingerprint density at radius 1 is 1.06 bits per heavy atom. The van der Waals surface area contributed by atoms with Gasteiger partial charge in [-0.1, -0.05) is 24.3 Å². The van der Waals surface area contributed by atoms with Crippen molar-refractivity contribution in [1.82, 2.24) is 9.97 Å². The van der Waals surface area contributed by atoms with E-state index in [4.69, 9.17) is 0 Å². The fourth-order valence-corrected chi connectivity index (χ4v) is 2.32. The average molecular weight is 241 g/mol. The van der Waals surface area contributed by atoms with Crippen LogP contribution in [-0.4, -0.2) is 9.97 Å². The number of benzene rings is 1. The van der Waals surface area contributed by atoms with Crippen molar-refractivity contribution in [3.05, 3.63) is 53.7 Å². The van der Waals surface area contributed by atoms with Crippen molar-refractivity contribution < 1.29 is 0 Å². The van der Waals surface area contributed by atoms with Gasteiger partial charge in [-0.25, -0.2) is 4.98 Å². The molecule has 0 saturated heterocycles. The zero-order valence-electron chi connectivity index (χ0n) is 9.13. The Labute approximate surface area is 103 Å². The first kappa shape index (κ1) is 10.2. The van der Waals surface area contributed by atoms with Gasteiger partial charge >= 0.3 is 0 Å². The quantitative estimate of drug-likeness (QED) is 0.764. The number of hydrogen-bond acceptors (Lipinski definition) is 4. The highest BCUT2D eigenvalue weighted by molar-refractivity contribution is 7.13. The van der Waals surface area contributed by atoms with Crippen LogP contribution < -0.4 is 5.32 Å². The minimum absolute atomic E-state index is 0.752. The fraction of sp³-hybridized carbons (Fsp3) is 0.0769. The van der Waals surface area contributed by atoms with Crippen LogP contribution in [0, 0.1) is 0 Å². The molecular weight excluding hydrogens is 230 g/mol. The van der Waals surface area contributed by atoms with Gasteiger partial charge in [0.1, 0.15) is 0 Å². The third kappa shape index (κ3) is 2.12. The van der Waals surface area contributed by atoms with Crippen LogP contribution in [0.4, 0.5) is 5.13 Å². The summed E-state index contributed by atoms with van der Waals surface area (Å²) in [5, 5.41) is 7.38. The van der Waals surface area contributed by atoms with E-state index in [9.17, 15) is 0 Å². The minimum Gasteiger partial charge on any atom is -0.357 e. The molecule has 0 atom stereocenters. The number of nitrogens with one attached hydrogen (secondary N) is 1. The summed E-state index contributed by atoms with van der Waals surface area (Å²) in [5.74, 6) is 0. The van der Waals surface area contributed by atoms with Crippen molar-refractivity contribution >= 4 is 27.4 Å². The number of pyridine rings is 1. The summed E-state index contributed by atoms with van der Waals surface area (Å²) in [6.45, 7) is 0.752. The molecule has 17 heavy (non-hydrogen) atoms.